The average molecular weight is 392 g/mol. The van der Waals surface area contributed by atoms with Crippen LogP contribution in [-0.2, 0) is 20.8 Å². The van der Waals surface area contributed by atoms with Crippen molar-refractivity contribution < 1.29 is 24.1 Å². The van der Waals surface area contributed by atoms with Gasteiger partial charge in [0.1, 0.15) is 6.61 Å². The molecule has 28 heavy (non-hydrogen) atoms. The molecule has 7 nitrogen and oxygen atoms in total. The zero-order valence-corrected chi connectivity index (χ0v) is 16.9. The van der Waals surface area contributed by atoms with Crippen LogP contribution in [0.15, 0.2) is 18.2 Å². The lowest BCUT2D eigenvalue weighted by Gasteiger charge is -2.39. The summed E-state index contributed by atoms with van der Waals surface area (Å²) < 4.78 is 16.7. The van der Waals surface area contributed by atoms with E-state index in [0.29, 0.717) is 18.9 Å². The molecule has 7 heteroatoms. The minimum Gasteiger partial charge on any atom is -0.504 e. The van der Waals surface area contributed by atoms with Crippen LogP contribution in [0.3, 0.4) is 0 Å². The quantitative estimate of drug-likeness (QED) is 0.705. The van der Waals surface area contributed by atoms with Gasteiger partial charge in [0.2, 0.25) is 5.91 Å². The van der Waals surface area contributed by atoms with Crippen molar-refractivity contribution in [3.63, 3.8) is 0 Å². The Bertz CT molecular complexity index is 658. The monoisotopic (exact) mass is 392 g/mol. The zero-order chi connectivity index (χ0) is 20.0. The van der Waals surface area contributed by atoms with E-state index >= 15 is 0 Å². The molecule has 156 valence electrons. The number of hydrogen-bond donors (Lipinski definition) is 2. The molecule has 0 aromatic heterocycles. The summed E-state index contributed by atoms with van der Waals surface area (Å²) in [4.78, 5) is 14.0. The molecule has 1 atom stereocenters. The number of phenols is 1. The summed E-state index contributed by atoms with van der Waals surface area (Å²) in [6.07, 6.45) is 4.15. The minimum atomic E-state index is -0.0952. The lowest BCUT2D eigenvalue weighted by molar-refractivity contribution is -0.126. The number of likely N-dealkylation sites (tertiary alicyclic amines) is 1. The van der Waals surface area contributed by atoms with Crippen molar-refractivity contribution in [2.75, 3.05) is 40.0 Å². The maximum Gasteiger partial charge on any atom is 0.246 e. The third kappa shape index (κ3) is 5.37. The highest BCUT2D eigenvalue weighted by Crippen LogP contribution is 2.39. The fraction of sp³-hybridized carbons (Fsp3) is 0.667. The second-order valence-corrected chi connectivity index (χ2v) is 7.71. The number of ether oxygens (including phenoxy) is 3. The van der Waals surface area contributed by atoms with E-state index in [4.69, 9.17) is 14.2 Å². The Morgan fingerprint density at radius 3 is 2.86 bits per heavy atom. The van der Waals surface area contributed by atoms with Gasteiger partial charge < -0.3 is 24.6 Å². The van der Waals surface area contributed by atoms with Gasteiger partial charge in [0, 0.05) is 33.3 Å². The van der Waals surface area contributed by atoms with Crippen LogP contribution in [-0.4, -0.2) is 67.6 Å². The molecule has 2 N–H and O–H groups in total. The van der Waals surface area contributed by atoms with Crippen molar-refractivity contribution in [1.82, 2.24) is 10.2 Å². The van der Waals surface area contributed by atoms with Crippen LogP contribution < -0.4 is 10.1 Å². The molecular formula is C21H32N2O5. The standard InChI is InChI=1S/C21H32N2O5/c1-3-27-19-12-16(4-5-18(19)24)14-23-10-8-21(9-11-23)7-6-17(28-21)13-22-20(25)15-26-2/h4-5,12,17,24H,3,6-11,13-15H2,1-2H3,(H,22,25). The van der Waals surface area contributed by atoms with Gasteiger partial charge in [-0.3, -0.25) is 9.69 Å². The van der Waals surface area contributed by atoms with Gasteiger partial charge in [-0.15, -0.1) is 0 Å². The van der Waals surface area contributed by atoms with Gasteiger partial charge in [0.15, 0.2) is 11.5 Å². The largest absolute Gasteiger partial charge is 0.504 e. The number of phenolic OH excluding ortho intramolecular Hbond substituents is 1. The smallest absolute Gasteiger partial charge is 0.246 e. The number of carbonyl (C=O) groups is 1. The lowest BCUT2D eigenvalue weighted by atomic mass is 9.88. The Balaban J connectivity index is 1.46. The molecule has 1 amide bonds. The predicted molar refractivity (Wildman–Crippen MR) is 106 cm³/mol. The molecule has 0 radical (unpaired) electrons. The molecule has 3 rings (SSSR count). The Kier molecular flexibility index (Phi) is 7.15. The van der Waals surface area contributed by atoms with Crippen LogP contribution in [0.1, 0.15) is 38.2 Å². The molecule has 2 fully saturated rings. The molecule has 0 bridgehead atoms. The number of piperidine rings is 1. The Labute approximate surface area is 166 Å². The molecule has 2 saturated heterocycles. The number of aromatic hydroxyl groups is 1. The number of nitrogens with zero attached hydrogens (tertiary/aromatic N) is 1. The normalized spacial score (nSPS) is 21.7. The van der Waals surface area contributed by atoms with Gasteiger partial charge in [0.25, 0.3) is 0 Å². The van der Waals surface area contributed by atoms with Gasteiger partial charge in [-0.05, 0) is 50.3 Å². The van der Waals surface area contributed by atoms with E-state index in [9.17, 15) is 9.90 Å². The zero-order valence-electron chi connectivity index (χ0n) is 16.9. The SMILES string of the molecule is CCOc1cc(CN2CCC3(CCC(CNC(=O)COC)O3)CC2)ccc1O. The fourth-order valence-electron chi connectivity index (χ4n) is 4.12. The van der Waals surface area contributed by atoms with E-state index in [0.717, 1.165) is 50.9 Å². The predicted octanol–water partition coefficient (Wildman–Crippen LogP) is 2.07. The minimum absolute atomic E-state index is 0.0431. The van der Waals surface area contributed by atoms with E-state index < -0.39 is 0 Å². The van der Waals surface area contributed by atoms with Gasteiger partial charge in [0.05, 0.1) is 18.3 Å². The van der Waals surface area contributed by atoms with Gasteiger partial charge in [-0.2, -0.15) is 0 Å². The molecule has 1 aromatic rings. The molecule has 2 aliphatic rings. The Morgan fingerprint density at radius 1 is 1.36 bits per heavy atom. The molecule has 2 heterocycles. The van der Waals surface area contributed by atoms with Crippen molar-refractivity contribution >= 4 is 5.91 Å². The third-order valence-electron chi connectivity index (χ3n) is 5.64. The van der Waals surface area contributed by atoms with Crippen LogP contribution in [0.25, 0.3) is 0 Å². The average Bonchev–Trinajstić information content (AvgIpc) is 3.08. The number of rotatable bonds is 8. The summed E-state index contributed by atoms with van der Waals surface area (Å²) in [5.74, 6) is 0.638. The molecule has 0 saturated carbocycles. The van der Waals surface area contributed by atoms with E-state index in [1.165, 1.54) is 7.11 Å². The maximum atomic E-state index is 11.5. The molecule has 1 unspecified atom stereocenters. The summed E-state index contributed by atoms with van der Waals surface area (Å²) in [5, 5.41) is 12.7. The van der Waals surface area contributed by atoms with Crippen LogP contribution in [0.4, 0.5) is 0 Å². The number of amides is 1. The first-order valence-electron chi connectivity index (χ1n) is 10.1. The summed E-state index contributed by atoms with van der Waals surface area (Å²) >= 11 is 0. The topological polar surface area (TPSA) is 80.3 Å². The highest BCUT2D eigenvalue weighted by Gasteiger charge is 2.42. The second-order valence-electron chi connectivity index (χ2n) is 7.71. The Hall–Kier alpha value is -1.83. The number of benzene rings is 1. The first-order valence-corrected chi connectivity index (χ1v) is 10.1. The lowest BCUT2D eigenvalue weighted by Crippen LogP contribution is -2.45. The summed E-state index contributed by atoms with van der Waals surface area (Å²) in [5.41, 5.74) is 1.10. The van der Waals surface area contributed by atoms with E-state index in [1.54, 1.807) is 6.07 Å². The summed E-state index contributed by atoms with van der Waals surface area (Å²) in [7, 11) is 1.52. The third-order valence-corrected chi connectivity index (χ3v) is 5.64. The molecular weight excluding hydrogens is 360 g/mol. The molecule has 1 aromatic carbocycles. The van der Waals surface area contributed by atoms with Crippen LogP contribution in [0.5, 0.6) is 11.5 Å². The Morgan fingerprint density at radius 2 is 2.14 bits per heavy atom. The fourth-order valence-corrected chi connectivity index (χ4v) is 4.12. The number of nitrogens with one attached hydrogen (secondary N) is 1. The highest BCUT2D eigenvalue weighted by atomic mass is 16.5. The van der Waals surface area contributed by atoms with Gasteiger partial charge in [-0.1, -0.05) is 6.07 Å². The molecule has 2 aliphatic heterocycles. The summed E-state index contributed by atoms with van der Waals surface area (Å²) in [6, 6.07) is 5.58. The second kappa shape index (κ2) is 9.58. The number of carbonyl (C=O) groups excluding carboxylic acids is 1. The van der Waals surface area contributed by atoms with Crippen molar-refractivity contribution in [2.45, 2.75) is 50.9 Å². The van der Waals surface area contributed by atoms with Gasteiger partial charge >= 0.3 is 0 Å². The van der Waals surface area contributed by atoms with E-state index in [2.05, 4.69) is 10.2 Å². The van der Waals surface area contributed by atoms with Crippen LogP contribution >= 0.6 is 0 Å². The van der Waals surface area contributed by atoms with Crippen LogP contribution in [0.2, 0.25) is 0 Å². The first-order chi connectivity index (χ1) is 13.5. The van der Waals surface area contributed by atoms with E-state index in [1.807, 2.05) is 19.1 Å². The first kappa shape index (κ1) is 20.9. The van der Waals surface area contributed by atoms with Crippen molar-refractivity contribution in [2.24, 2.45) is 0 Å². The van der Waals surface area contributed by atoms with Crippen molar-refractivity contribution in [3.8, 4) is 11.5 Å². The van der Waals surface area contributed by atoms with E-state index in [-0.39, 0.29) is 30.0 Å². The van der Waals surface area contributed by atoms with Crippen LogP contribution in [0, 0.1) is 0 Å². The van der Waals surface area contributed by atoms with Crippen molar-refractivity contribution in [3.05, 3.63) is 23.8 Å². The van der Waals surface area contributed by atoms with Crippen molar-refractivity contribution in [1.29, 1.82) is 0 Å². The number of hydrogen-bond acceptors (Lipinski definition) is 6. The molecule has 0 aliphatic carbocycles. The highest BCUT2D eigenvalue weighted by molar-refractivity contribution is 5.77. The molecule has 1 spiro atoms. The number of methoxy groups -OCH3 is 1. The van der Waals surface area contributed by atoms with Gasteiger partial charge in [-0.25, -0.2) is 0 Å². The summed E-state index contributed by atoms with van der Waals surface area (Å²) in [6.45, 7) is 5.90. The maximum absolute atomic E-state index is 11.5.